The number of rotatable bonds is 3. The van der Waals surface area contributed by atoms with Crippen molar-refractivity contribution in [3.63, 3.8) is 0 Å². The Morgan fingerprint density at radius 1 is 0.950 bits per heavy atom. The first-order valence-corrected chi connectivity index (χ1v) is 7.21. The van der Waals surface area contributed by atoms with Gasteiger partial charge in [-0.3, -0.25) is 0 Å². The Labute approximate surface area is 119 Å². The van der Waals surface area contributed by atoms with E-state index in [9.17, 15) is 9.50 Å². The number of aliphatic hydroxyl groups is 1. The molecule has 1 saturated carbocycles. The molecular weight excluding hydrogens is 251 g/mol. The quantitative estimate of drug-likeness (QED) is 0.878. The van der Waals surface area contributed by atoms with E-state index in [1.807, 2.05) is 24.3 Å². The largest absolute Gasteiger partial charge is 0.387 e. The van der Waals surface area contributed by atoms with E-state index in [4.69, 9.17) is 0 Å². The molecule has 1 unspecified atom stereocenters. The molecule has 0 heterocycles. The van der Waals surface area contributed by atoms with Crippen LogP contribution in [0.25, 0.3) is 0 Å². The maximum atomic E-state index is 13.4. The van der Waals surface area contributed by atoms with Gasteiger partial charge in [0.1, 0.15) is 5.82 Å². The van der Waals surface area contributed by atoms with Crippen molar-refractivity contribution in [3.05, 3.63) is 71.5 Å². The van der Waals surface area contributed by atoms with Crippen LogP contribution in [-0.2, 0) is 5.41 Å². The molecule has 0 amide bonds. The van der Waals surface area contributed by atoms with Crippen molar-refractivity contribution < 1.29 is 9.50 Å². The van der Waals surface area contributed by atoms with Crippen LogP contribution < -0.4 is 0 Å². The normalized spacial score (nSPS) is 18.9. The van der Waals surface area contributed by atoms with Crippen molar-refractivity contribution in [3.8, 4) is 0 Å². The molecule has 0 spiro atoms. The first-order chi connectivity index (χ1) is 9.72. The third-order valence-corrected chi connectivity index (χ3v) is 4.53. The molecule has 0 saturated heterocycles. The van der Waals surface area contributed by atoms with E-state index in [0.717, 1.165) is 31.2 Å². The van der Waals surface area contributed by atoms with Gasteiger partial charge in [0.2, 0.25) is 0 Å². The van der Waals surface area contributed by atoms with E-state index < -0.39 is 6.10 Å². The Kier molecular flexibility index (Phi) is 3.58. The van der Waals surface area contributed by atoms with Gasteiger partial charge in [0, 0.05) is 5.41 Å². The van der Waals surface area contributed by atoms with Crippen LogP contribution in [0.2, 0.25) is 0 Å². The molecule has 2 aromatic carbocycles. The van der Waals surface area contributed by atoms with Gasteiger partial charge in [0.25, 0.3) is 0 Å². The maximum absolute atomic E-state index is 13.4. The smallest absolute Gasteiger partial charge is 0.123 e. The number of halogens is 1. The summed E-state index contributed by atoms with van der Waals surface area (Å²) in [6, 6.07) is 16.5. The lowest BCUT2D eigenvalue weighted by Crippen LogP contribution is -2.30. The highest BCUT2D eigenvalue weighted by atomic mass is 19.1. The zero-order valence-corrected chi connectivity index (χ0v) is 11.4. The monoisotopic (exact) mass is 270 g/mol. The SMILES string of the molecule is OC(c1cccc(F)c1)C1(c2ccccc2)CCCC1. The molecule has 1 aliphatic carbocycles. The summed E-state index contributed by atoms with van der Waals surface area (Å²) in [4.78, 5) is 0. The fourth-order valence-electron chi connectivity index (χ4n) is 3.49. The van der Waals surface area contributed by atoms with Crippen molar-refractivity contribution in [2.45, 2.75) is 37.2 Å². The van der Waals surface area contributed by atoms with E-state index in [0.29, 0.717) is 5.56 Å². The molecule has 1 nitrogen and oxygen atoms in total. The molecule has 2 aromatic rings. The summed E-state index contributed by atoms with van der Waals surface area (Å²) in [5.41, 5.74) is 1.57. The molecular formula is C18H19FO. The second kappa shape index (κ2) is 5.37. The summed E-state index contributed by atoms with van der Waals surface area (Å²) in [6.45, 7) is 0. The molecule has 1 atom stereocenters. The summed E-state index contributed by atoms with van der Waals surface area (Å²) in [7, 11) is 0. The van der Waals surface area contributed by atoms with E-state index >= 15 is 0 Å². The third kappa shape index (κ3) is 2.25. The molecule has 2 heteroatoms. The van der Waals surface area contributed by atoms with E-state index in [-0.39, 0.29) is 11.2 Å². The minimum atomic E-state index is -0.650. The summed E-state index contributed by atoms with van der Waals surface area (Å²) in [5, 5.41) is 10.9. The average Bonchev–Trinajstić information content (AvgIpc) is 2.98. The molecule has 1 aliphatic rings. The lowest BCUT2D eigenvalue weighted by molar-refractivity contribution is 0.0819. The minimum Gasteiger partial charge on any atom is -0.387 e. The minimum absolute atomic E-state index is 0.269. The molecule has 0 bridgehead atoms. The molecule has 20 heavy (non-hydrogen) atoms. The Bertz CT molecular complexity index is 573. The van der Waals surface area contributed by atoms with Gasteiger partial charge in [-0.05, 0) is 36.1 Å². The van der Waals surface area contributed by atoms with Crippen LogP contribution in [0.1, 0.15) is 42.9 Å². The van der Waals surface area contributed by atoms with Gasteiger partial charge >= 0.3 is 0 Å². The predicted octanol–water partition coefficient (Wildman–Crippen LogP) is 4.37. The highest BCUT2D eigenvalue weighted by Gasteiger charge is 2.42. The van der Waals surface area contributed by atoms with Crippen molar-refractivity contribution in [1.82, 2.24) is 0 Å². The van der Waals surface area contributed by atoms with Crippen LogP contribution in [-0.4, -0.2) is 5.11 Å². The summed E-state index contributed by atoms with van der Waals surface area (Å²) in [5.74, 6) is -0.289. The van der Waals surface area contributed by atoms with Gasteiger partial charge in [-0.25, -0.2) is 4.39 Å². The molecule has 3 rings (SSSR count). The van der Waals surface area contributed by atoms with Crippen molar-refractivity contribution in [2.75, 3.05) is 0 Å². The summed E-state index contributed by atoms with van der Waals surface area (Å²) >= 11 is 0. The summed E-state index contributed by atoms with van der Waals surface area (Å²) in [6.07, 6.45) is 3.48. The molecule has 0 aliphatic heterocycles. The van der Waals surface area contributed by atoms with Crippen LogP contribution in [0.15, 0.2) is 54.6 Å². The second-order valence-corrected chi connectivity index (χ2v) is 5.69. The molecule has 1 fully saturated rings. The van der Waals surface area contributed by atoms with Crippen LogP contribution in [0.4, 0.5) is 4.39 Å². The fraction of sp³-hybridized carbons (Fsp3) is 0.333. The van der Waals surface area contributed by atoms with E-state index in [2.05, 4.69) is 12.1 Å². The molecule has 0 aromatic heterocycles. The molecule has 104 valence electrons. The highest BCUT2D eigenvalue weighted by molar-refractivity contribution is 5.33. The van der Waals surface area contributed by atoms with Gasteiger partial charge in [-0.1, -0.05) is 55.3 Å². The van der Waals surface area contributed by atoms with Crippen molar-refractivity contribution in [1.29, 1.82) is 0 Å². The first kappa shape index (κ1) is 13.3. The Hall–Kier alpha value is -1.67. The van der Waals surface area contributed by atoms with Crippen LogP contribution in [0.5, 0.6) is 0 Å². The number of hydrogen-bond acceptors (Lipinski definition) is 1. The number of benzene rings is 2. The molecule has 1 N–H and O–H groups in total. The maximum Gasteiger partial charge on any atom is 0.123 e. The lowest BCUT2D eigenvalue weighted by atomic mass is 9.72. The predicted molar refractivity (Wildman–Crippen MR) is 77.9 cm³/mol. The first-order valence-electron chi connectivity index (χ1n) is 7.21. The second-order valence-electron chi connectivity index (χ2n) is 5.69. The average molecular weight is 270 g/mol. The zero-order chi connectivity index (χ0) is 14.0. The lowest BCUT2D eigenvalue weighted by Gasteiger charge is -2.35. The number of hydrogen-bond donors (Lipinski definition) is 1. The van der Waals surface area contributed by atoms with Crippen molar-refractivity contribution in [2.24, 2.45) is 0 Å². The van der Waals surface area contributed by atoms with Crippen molar-refractivity contribution >= 4 is 0 Å². The van der Waals surface area contributed by atoms with Gasteiger partial charge in [-0.2, -0.15) is 0 Å². The Morgan fingerprint density at radius 2 is 1.65 bits per heavy atom. The fourth-order valence-corrected chi connectivity index (χ4v) is 3.49. The highest BCUT2D eigenvalue weighted by Crippen LogP contribution is 2.49. The number of aliphatic hydroxyl groups excluding tert-OH is 1. The Balaban J connectivity index is 2.03. The zero-order valence-electron chi connectivity index (χ0n) is 11.4. The van der Waals surface area contributed by atoms with Crippen LogP contribution >= 0.6 is 0 Å². The van der Waals surface area contributed by atoms with Gasteiger partial charge in [0.15, 0.2) is 0 Å². The van der Waals surface area contributed by atoms with Gasteiger partial charge < -0.3 is 5.11 Å². The molecule has 0 radical (unpaired) electrons. The summed E-state index contributed by atoms with van der Waals surface area (Å²) < 4.78 is 13.4. The van der Waals surface area contributed by atoms with E-state index in [1.54, 1.807) is 6.07 Å². The Morgan fingerprint density at radius 3 is 2.30 bits per heavy atom. The van der Waals surface area contributed by atoms with Crippen LogP contribution in [0.3, 0.4) is 0 Å². The standard InChI is InChI=1S/C18H19FO/c19-16-10-6-7-14(13-16)17(20)18(11-4-5-12-18)15-8-2-1-3-9-15/h1-3,6-10,13,17,20H,4-5,11-12H2. The van der Waals surface area contributed by atoms with Crippen LogP contribution in [0, 0.1) is 5.82 Å². The third-order valence-electron chi connectivity index (χ3n) is 4.53. The van der Waals surface area contributed by atoms with Gasteiger partial charge in [-0.15, -0.1) is 0 Å². The van der Waals surface area contributed by atoms with E-state index in [1.165, 1.54) is 12.1 Å². The topological polar surface area (TPSA) is 20.2 Å². The van der Waals surface area contributed by atoms with Gasteiger partial charge in [0.05, 0.1) is 6.10 Å².